The first-order chi connectivity index (χ1) is 15.0. The monoisotopic (exact) mass is 425 g/mol. The second-order valence-electron chi connectivity index (χ2n) is 7.54. The number of hydrogen-bond acceptors (Lipinski definition) is 4. The number of carbonyl (C=O) groups excluding carboxylic acids is 3. The number of rotatable bonds is 12. The van der Waals surface area contributed by atoms with E-state index in [2.05, 4.69) is 10.6 Å². The lowest BCUT2D eigenvalue weighted by atomic mass is 9.99. The van der Waals surface area contributed by atoms with Crippen molar-refractivity contribution in [2.45, 2.75) is 45.3 Å². The van der Waals surface area contributed by atoms with Crippen LogP contribution in [0.25, 0.3) is 0 Å². The van der Waals surface area contributed by atoms with Crippen molar-refractivity contribution in [2.24, 2.45) is 11.7 Å². The summed E-state index contributed by atoms with van der Waals surface area (Å²) in [6, 6.07) is 18.4. The van der Waals surface area contributed by atoms with Crippen molar-refractivity contribution in [3.63, 3.8) is 0 Å². The Kier molecular flexibility index (Phi) is 10.1. The van der Waals surface area contributed by atoms with Crippen LogP contribution in [-0.4, -0.2) is 30.5 Å². The number of unbranched alkanes of at least 4 members (excludes halogenated alkanes) is 1. The molecule has 0 heterocycles. The maximum atomic E-state index is 12.4. The Hall–Kier alpha value is -3.35. The van der Waals surface area contributed by atoms with Crippen LogP contribution in [-0.2, 0) is 27.4 Å². The summed E-state index contributed by atoms with van der Waals surface area (Å²) in [5.41, 5.74) is 7.43. The Morgan fingerprint density at radius 1 is 0.935 bits per heavy atom. The number of ether oxygens (including phenoxy) is 1. The van der Waals surface area contributed by atoms with E-state index in [0.717, 1.165) is 11.1 Å². The van der Waals surface area contributed by atoms with E-state index in [1.165, 1.54) is 0 Å². The minimum atomic E-state index is -0.726. The highest BCUT2D eigenvalue weighted by molar-refractivity contribution is 5.87. The lowest BCUT2D eigenvalue weighted by Gasteiger charge is -2.19. The Morgan fingerprint density at radius 3 is 2.16 bits per heavy atom. The van der Waals surface area contributed by atoms with Gasteiger partial charge in [-0.3, -0.25) is 9.59 Å². The Bertz CT molecular complexity index is 827. The number of amides is 3. The van der Waals surface area contributed by atoms with Gasteiger partial charge in [0.15, 0.2) is 0 Å². The van der Waals surface area contributed by atoms with Crippen molar-refractivity contribution in [2.75, 3.05) is 6.54 Å². The molecule has 2 atom stereocenters. The van der Waals surface area contributed by atoms with Gasteiger partial charge in [0.05, 0.1) is 0 Å². The van der Waals surface area contributed by atoms with Gasteiger partial charge < -0.3 is 21.1 Å². The van der Waals surface area contributed by atoms with E-state index in [1.54, 1.807) is 0 Å². The summed E-state index contributed by atoms with van der Waals surface area (Å²) in [7, 11) is 0. The van der Waals surface area contributed by atoms with E-state index in [1.807, 2.05) is 67.6 Å². The first-order valence-electron chi connectivity index (χ1n) is 10.5. The standard InChI is InChI=1S/C24H31N3O4/c1-18(16-19-10-4-2-5-11-19)23(29)27-21(22(25)28)14-8-9-15-26-24(30)31-17-20-12-6-3-7-13-20/h2-7,10-13,18,21H,8-9,14-17H2,1H3,(H2,25,28)(H,26,30)(H,27,29)/t18-,21-/m0/s1. The van der Waals surface area contributed by atoms with Crippen molar-refractivity contribution in [3.05, 3.63) is 71.8 Å². The molecule has 0 aliphatic rings. The Labute approximate surface area is 183 Å². The summed E-state index contributed by atoms with van der Waals surface area (Å²) in [4.78, 5) is 35.9. The first-order valence-corrected chi connectivity index (χ1v) is 10.5. The van der Waals surface area contributed by atoms with Gasteiger partial charge >= 0.3 is 6.09 Å². The zero-order valence-corrected chi connectivity index (χ0v) is 17.9. The van der Waals surface area contributed by atoms with Crippen LogP contribution in [0, 0.1) is 5.92 Å². The van der Waals surface area contributed by atoms with E-state index in [-0.39, 0.29) is 18.4 Å². The van der Waals surface area contributed by atoms with Gasteiger partial charge in [-0.25, -0.2) is 4.79 Å². The highest BCUT2D eigenvalue weighted by Crippen LogP contribution is 2.10. The van der Waals surface area contributed by atoms with E-state index in [9.17, 15) is 14.4 Å². The molecule has 0 radical (unpaired) electrons. The average Bonchev–Trinajstić information content (AvgIpc) is 2.77. The lowest BCUT2D eigenvalue weighted by molar-refractivity contribution is -0.129. The molecular weight excluding hydrogens is 394 g/mol. The van der Waals surface area contributed by atoms with Gasteiger partial charge in [-0.05, 0) is 36.8 Å². The average molecular weight is 426 g/mol. The largest absolute Gasteiger partial charge is 0.445 e. The third-order valence-corrected chi connectivity index (χ3v) is 4.89. The molecule has 166 valence electrons. The highest BCUT2D eigenvalue weighted by atomic mass is 16.5. The molecule has 2 aromatic carbocycles. The molecule has 7 nitrogen and oxygen atoms in total. The molecule has 0 saturated heterocycles. The number of carbonyl (C=O) groups is 3. The van der Waals surface area contributed by atoms with Crippen molar-refractivity contribution in [1.82, 2.24) is 10.6 Å². The number of nitrogens with one attached hydrogen (secondary N) is 2. The Morgan fingerprint density at radius 2 is 1.55 bits per heavy atom. The molecule has 2 aromatic rings. The summed E-state index contributed by atoms with van der Waals surface area (Å²) < 4.78 is 5.14. The van der Waals surface area contributed by atoms with Crippen molar-refractivity contribution >= 4 is 17.9 Å². The molecule has 0 fully saturated rings. The van der Waals surface area contributed by atoms with Gasteiger partial charge in [0.2, 0.25) is 11.8 Å². The molecule has 0 aliphatic heterocycles. The predicted octanol–water partition coefficient (Wildman–Crippen LogP) is 2.93. The molecule has 0 spiro atoms. The molecule has 2 rings (SSSR count). The molecule has 0 unspecified atom stereocenters. The van der Waals surface area contributed by atoms with Crippen molar-refractivity contribution in [1.29, 1.82) is 0 Å². The minimum absolute atomic E-state index is 0.199. The molecule has 7 heteroatoms. The van der Waals surface area contributed by atoms with Crippen LogP contribution in [0.3, 0.4) is 0 Å². The third-order valence-electron chi connectivity index (χ3n) is 4.89. The van der Waals surface area contributed by atoms with E-state index in [4.69, 9.17) is 10.5 Å². The SMILES string of the molecule is C[C@@H](Cc1ccccc1)C(=O)N[C@@H](CCCCNC(=O)OCc1ccccc1)C(N)=O. The second-order valence-corrected chi connectivity index (χ2v) is 7.54. The number of primary amides is 1. The lowest BCUT2D eigenvalue weighted by Crippen LogP contribution is -2.46. The van der Waals surface area contributed by atoms with Gasteiger partial charge in [0.1, 0.15) is 12.6 Å². The first kappa shape index (κ1) is 23.9. The van der Waals surface area contributed by atoms with Gasteiger partial charge in [-0.1, -0.05) is 67.6 Å². The van der Waals surface area contributed by atoms with Crippen LogP contribution < -0.4 is 16.4 Å². The van der Waals surface area contributed by atoms with Gasteiger partial charge in [0.25, 0.3) is 0 Å². The predicted molar refractivity (Wildman–Crippen MR) is 119 cm³/mol. The summed E-state index contributed by atoms with van der Waals surface area (Å²) in [5, 5.41) is 5.43. The molecule has 0 saturated carbocycles. The highest BCUT2D eigenvalue weighted by Gasteiger charge is 2.21. The minimum Gasteiger partial charge on any atom is -0.445 e. The maximum Gasteiger partial charge on any atom is 0.407 e. The third kappa shape index (κ3) is 9.33. The fourth-order valence-electron chi connectivity index (χ4n) is 3.10. The summed E-state index contributed by atoms with van der Waals surface area (Å²) in [5.74, 6) is -1.03. The molecule has 0 aliphatic carbocycles. The van der Waals surface area contributed by atoms with Crippen molar-refractivity contribution in [3.8, 4) is 0 Å². The van der Waals surface area contributed by atoms with Crippen LogP contribution in [0.4, 0.5) is 4.79 Å². The number of hydrogen-bond donors (Lipinski definition) is 3. The summed E-state index contributed by atoms with van der Waals surface area (Å²) >= 11 is 0. The zero-order chi connectivity index (χ0) is 22.5. The smallest absolute Gasteiger partial charge is 0.407 e. The maximum absolute atomic E-state index is 12.4. The number of benzene rings is 2. The van der Waals surface area contributed by atoms with Crippen LogP contribution in [0.1, 0.15) is 37.3 Å². The molecule has 0 bridgehead atoms. The molecule has 4 N–H and O–H groups in total. The quantitative estimate of drug-likeness (QED) is 0.454. The van der Waals surface area contributed by atoms with Crippen LogP contribution in [0.5, 0.6) is 0 Å². The summed E-state index contributed by atoms with van der Waals surface area (Å²) in [6.45, 7) is 2.45. The van der Waals surface area contributed by atoms with E-state index < -0.39 is 18.0 Å². The molecule has 3 amide bonds. The van der Waals surface area contributed by atoms with E-state index >= 15 is 0 Å². The fourth-order valence-corrected chi connectivity index (χ4v) is 3.10. The van der Waals surface area contributed by atoms with Crippen LogP contribution >= 0.6 is 0 Å². The van der Waals surface area contributed by atoms with Gasteiger partial charge in [0, 0.05) is 12.5 Å². The normalized spacial score (nSPS) is 12.4. The Balaban J connectivity index is 1.64. The molecule has 0 aromatic heterocycles. The zero-order valence-electron chi connectivity index (χ0n) is 17.9. The van der Waals surface area contributed by atoms with Gasteiger partial charge in [-0.2, -0.15) is 0 Å². The fraction of sp³-hybridized carbons (Fsp3) is 0.375. The van der Waals surface area contributed by atoms with Gasteiger partial charge in [-0.15, -0.1) is 0 Å². The second kappa shape index (κ2) is 13.1. The number of alkyl carbamates (subject to hydrolysis) is 1. The molecular formula is C24H31N3O4. The van der Waals surface area contributed by atoms with E-state index in [0.29, 0.717) is 32.2 Å². The number of nitrogens with two attached hydrogens (primary N) is 1. The van der Waals surface area contributed by atoms with Crippen LogP contribution in [0.15, 0.2) is 60.7 Å². The van der Waals surface area contributed by atoms with Crippen molar-refractivity contribution < 1.29 is 19.1 Å². The topological polar surface area (TPSA) is 111 Å². The van der Waals surface area contributed by atoms with Crippen LogP contribution in [0.2, 0.25) is 0 Å². The molecule has 31 heavy (non-hydrogen) atoms. The summed E-state index contributed by atoms with van der Waals surface area (Å²) in [6.07, 6.45) is 1.78.